The first-order valence-electron chi connectivity index (χ1n) is 7.09. The number of rotatable bonds is 6. The number of hydrogen-bond donors (Lipinski definition) is 1. The fraction of sp³-hybridized carbons (Fsp3) is 0.438. The highest BCUT2D eigenvalue weighted by Crippen LogP contribution is 2.24. The molecule has 0 aliphatic carbocycles. The van der Waals surface area contributed by atoms with Crippen molar-refractivity contribution in [3.63, 3.8) is 0 Å². The fourth-order valence-electron chi connectivity index (χ4n) is 2.22. The van der Waals surface area contributed by atoms with E-state index in [1.165, 1.54) is 10.5 Å². The summed E-state index contributed by atoms with van der Waals surface area (Å²) in [7, 11) is 1.88. The van der Waals surface area contributed by atoms with Crippen LogP contribution < -0.4 is 0 Å². The molecule has 114 valence electrons. The normalized spacial score (nSPS) is 12.6. The van der Waals surface area contributed by atoms with Gasteiger partial charge in [0.1, 0.15) is 0 Å². The van der Waals surface area contributed by atoms with Gasteiger partial charge in [-0.2, -0.15) is 5.10 Å². The second kappa shape index (κ2) is 7.34. The largest absolute Gasteiger partial charge is 0.392 e. The lowest BCUT2D eigenvalue weighted by atomic mass is 10.2. The van der Waals surface area contributed by atoms with E-state index in [2.05, 4.69) is 30.2 Å². The first kappa shape index (κ1) is 16.4. The maximum atomic E-state index is 10.2. The lowest BCUT2D eigenvalue weighted by Gasteiger charge is -2.11. The molecule has 0 saturated heterocycles. The van der Waals surface area contributed by atoms with Crippen molar-refractivity contribution in [3.8, 4) is 0 Å². The molecule has 1 aromatic heterocycles. The van der Waals surface area contributed by atoms with Crippen molar-refractivity contribution in [2.75, 3.05) is 5.75 Å². The number of aliphatic hydroxyl groups excluding tert-OH is 1. The second-order valence-corrected chi connectivity index (χ2v) is 6.64. The summed E-state index contributed by atoms with van der Waals surface area (Å²) in [4.78, 5) is 1.18. The zero-order valence-corrected chi connectivity index (χ0v) is 14.2. The summed E-state index contributed by atoms with van der Waals surface area (Å²) < 4.78 is 1.78. The van der Waals surface area contributed by atoms with Crippen molar-refractivity contribution in [2.45, 2.75) is 37.7 Å². The Morgan fingerprint density at radius 3 is 2.81 bits per heavy atom. The van der Waals surface area contributed by atoms with Crippen LogP contribution in [-0.2, 0) is 19.9 Å². The van der Waals surface area contributed by atoms with Crippen molar-refractivity contribution in [3.05, 3.63) is 46.2 Å². The number of thioether (sulfide) groups is 1. The van der Waals surface area contributed by atoms with Crippen LogP contribution in [0.2, 0.25) is 5.02 Å². The summed E-state index contributed by atoms with van der Waals surface area (Å²) in [6.45, 7) is 4.10. The molecule has 0 saturated carbocycles. The maximum absolute atomic E-state index is 10.2. The van der Waals surface area contributed by atoms with Crippen LogP contribution in [0.1, 0.15) is 23.9 Å². The number of aromatic nitrogens is 2. The molecule has 3 nitrogen and oxygen atoms in total. The Morgan fingerprint density at radius 1 is 1.43 bits per heavy atom. The summed E-state index contributed by atoms with van der Waals surface area (Å²) in [5, 5.41) is 15.3. The molecule has 1 unspecified atom stereocenters. The van der Waals surface area contributed by atoms with Crippen LogP contribution >= 0.6 is 23.4 Å². The van der Waals surface area contributed by atoms with E-state index in [1.807, 2.05) is 20.0 Å². The fourth-order valence-corrected chi connectivity index (χ4v) is 3.54. The predicted octanol–water partition coefficient (Wildman–Crippen LogP) is 3.64. The molecule has 5 heteroatoms. The van der Waals surface area contributed by atoms with Crippen LogP contribution in [0.4, 0.5) is 0 Å². The summed E-state index contributed by atoms with van der Waals surface area (Å²) >= 11 is 7.97. The van der Waals surface area contributed by atoms with Crippen LogP contribution in [0.3, 0.4) is 0 Å². The Labute approximate surface area is 135 Å². The van der Waals surface area contributed by atoms with Gasteiger partial charge in [-0.3, -0.25) is 4.68 Å². The SMILES string of the molecule is CCc1nn(C)c(CC(O)CSc2cccc(C)c2)c1Cl. The molecule has 1 N–H and O–H groups in total. The van der Waals surface area contributed by atoms with Gasteiger partial charge in [0.05, 0.1) is 22.5 Å². The van der Waals surface area contributed by atoms with Gasteiger partial charge in [0, 0.05) is 24.1 Å². The minimum Gasteiger partial charge on any atom is -0.392 e. The Bertz CT molecular complexity index is 612. The molecule has 0 bridgehead atoms. The smallest absolute Gasteiger partial charge is 0.0850 e. The van der Waals surface area contributed by atoms with E-state index < -0.39 is 6.10 Å². The van der Waals surface area contributed by atoms with Gasteiger partial charge < -0.3 is 5.11 Å². The number of nitrogens with zero attached hydrogens (tertiary/aromatic N) is 2. The van der Waals surface area contributed by atoms with Crippen molar-refractivity contribution in [2.24, 2.45) is 7.05 Å². The van der Waals surface area contributed by atoms with E-state index in [0.717, 1.165) is 17.8 Å². The van der Waals surface area contributed by atoms with Gasteiger partial charge >= 0.3 is 0 Å². The molecule has 0 radical (unpaired) electrons. The highest BCUT2D eigenvalue weighted by Gasteiger charge is 2.16. The van der Waals surface area contributed by atoms with E-state index in [-0.39, 0.29) is 0 Å². The van der Waals surface area contributed by atoms with E-state index in [0.29, 0.717) is 17.2 Å². The summed E-state index contributed by atoms with van der Waals surface area (Å²) in [5.41, 5.74) is 3.04. The zero-order valence-electron chi connectivity index (χ0n) is 12.6. The van der Waals surface area contributed by atoms with E-state index >= 15 is 0 Å². The van der Waals surface area contributed by atoms with E-state index in [1.54, 1.807) is 16.4 Å². The van der Waals surface area contributed by atoms with Gasteiger partial charge in [-0.05, 0) is 25.5 Å². The average Bonchev–Trinajstić information content (AvgIpc) is 2.72. The highest BCUT2D eigenvalue weighted by molar-refractivity contribution is 7.99. The standard InChI is InChI=1S/C16H21ClN2OS/c1-4-14-16(17)15(19(3)18-14)9-12(20)10-21-13-7-5-6-11(2)8-13/h5-8,12,20H,4,9-10H2,1-3H3. The van der Waals surface area contributed by atoms with Crippen LogP contribution in [0, 0.1) is 6.92 Å². The number of benzene rings is 1. The molecule has 2 aromatic rings. The van der Waals surface area contributed by atoms with Crippen molar-refractivity contribution in [1.29, 1.82) is 0 Å². The van der Waals surface area contributed by atoms with Crippen molar-refractivity contribution in [1.82, 2.24) is 9.78 Å². The molecular formula is C16H21ClN2OS. The second-order valence-electron chi connectivity index (χ2n) is 5.17. The maximum Gasteiger partial charge on any atom is 0.0850 e. The Hall–Kier alpha value is -0.970. The van der Waals surface area contributed by atoms with Crippen LogP contribution in [0.5, 0.6) is 0 Å². The average molecular weight is 325 g/mol. The monoisotopic (exact) mass is 324 g/mol. The summed E-state index contributed by atoms with van der Waals surface area (Å²) in [6.07, 6.45) is 0.898. The molecule has 1 heterocycles. The summed E-state index contributed by atoms with van der Waals surface area (Å²) in [5.74, 6) is 0.645. The molecule has 0 aliphatic rings. The molecule has 0 aliphatic heterocycles. The Balaban J connectivity index is 1.96. The summed E-state index contributed by atoms with van der Waals surface area (Å²) in [6, 6.07) is 8.30. The lowest BCUT2D eigenvalue weighted by molar-refractivity contribution is 0.197. The highest BCUT2D eigenvalue weighted by atomic mass is 35.5. The Kier molecular flexibility index (Phi) is 5.73. The lowest BCUT2D eigenvalue weighted by Crippen LogP contribution is -2.16. The van der Waals surface area contributed by atoms with E-state index in [9.17, 15) is 5.11 Å². The van der Waals surface area contributed by atoms with Crippen molar-refractivity contribution < 1.29 is 5.11 Å². The van der Waals surface area contributed by atoms with E-state index in [4.69, 9.17) is 11.6 Å². The van der Waals surface area contributed by atoms with Crippen LogP contribution in [0.15, 0.2) is 29.2 Å². The molecule has 0 fully saturated rings. The number of halogens is 1. The van der Waals surface area contributed by atoms with Crippen LogP contribution in [-0.4, -0.2) is 26.7 Å². The number of aliphatic hydroxyl groups is 1. The molecule has 1 aromatic carbocycles. The first-order valence-corrected chi connectivity index (χ1v) is 8.45. The van der Waals surface area contributed by atoms with Crippen molar-refractivity contribution >= 4 is 23.4 Å². The van der Waals surface area contributed by atoms with Gasteiger partial charge in [-0.1, -0.05) is 36.2 Å². The molecule has 21 heavy (non-hydrogen) atoms. The van der Waals surface area contributed by atoms with Crippen LogP contribution in [0.25, 0.3) is 0 Å². The zero-order chi connectivity index (χ0) is 15.4. The number of hydrogen-bond acceptors (Lipinski definition) is 3. The predicted molar refractivity (Wildman–Crippen MR) is 89.2 cm³/mol. The molecule has 0 amide bonds. The molecule has 0 spiro atoms. The topological polar surface area (TPSA) is 38.0 Å². The van der Waals surface area contributed by atoms with Gasteiger partial charge in [0.25, 0.3) is 0 Å². The van der Waals surface area contributed by atoms with Gasteiger partial charge in [0.2, 0.25) is 0 Å². The number of aryl methyl sites for hydroxylation is 3. The molecular weight excluding hydrogens is 304 g/mol. The third-order valence-corrected chi connectivity index (χ3v) is 4.94. The van der Waals surface area contributed by atoms with Gasteiger partial charge in [0.15, 0.2) is 0 Å². The third-order valence-electron chi connectivity index (χ3n) is 3.36. The first-order chi connectivity index (χ1) is 10.0. The minimum absolute atomic E-state index is 0.437. The van der Waals surface area contributed by atoms with Gasteiger partial charge in [-0.25, -0.2) is 0 Å². The molecule has 2 rings (SSSR count). The van der Waals surface area contributed by atoms with Gasteiger partial charge in [-0.15, -0.1) is 11.8 Å². The molecule has 1 atom stereocenters. The third kappa shape index (κ3) is 4.25. The minimum atomic E-state index is -0.437. The Morgan fingerprint density at radius 2 is 2.19 bits per heavy atom. The quantitative estimate of drug-likeness (QED) is 0.824.